The number of methoxy groups -OCH3 is 1. The lowest BCUT2D eigenvalue weighted by atomic mass is 9.82. The highest BCUT2D eigenvalue weighted by Crippen LogP contribution is 2.40. The fourth-order valence-electron chi connectivity index (χ4n) is 3.38. The molecule has 0 unspecified atom stereocenters. The zero-order valence-corrected chi connectivity index (χ0v) is 14.1. The Kier molecular flexibility index (Phi) is 4.71. The number of hydrogen-bond acceptors (Lipinski definition) is 6. The summed E-state index contributed by atoms with van der Waals surface area (Å²) < 4.78 is 4.85. The minimum absolute atomic E-state index is 0.283. The van der Waals surface area contributed by atoms with E-state index in [2.05, 4.69) is 5.32 Å². The Morgan fingerprint density at radius 2 is 1.92 bits per heavy atom. The van der Waals surface area contributed by atoms with E-state index in [9.17, 15) is 19.5 Å². The third kappa shape index (κ3) is 2.96. The van der Waals surface area contributed by atoms with E-state index in [0.717, 1.165) is 29.7 Å². The minimum atomic E-state index is -1.22. The van der Waals surface area contributed by atoms with Gasteiger partial charge >= 0.3 is 5.97 Å². The van der Waals surface area contributed by atoms with Crippen molar-refractivity contribution in [3.63, 3.8) is 0 Å². The van der Waals surface area contributed by atoms with Gasteiger partial charge in [0.25, 0.3) is 0 Å². The third-order valence-corrected chi connectivity index (χ3v) is 5.83. The van der Waals surface area contributed by atoms with Gasteiger partial charge in [0, 0.05) is 16.8 Å². The van der Waals surface area contributed by atoms with E-state index in [1.807, 2.05) is 0 Å². The first-order valence-electron chi connectivity index (χ1n) is 7.92. The lowest BCUT2D eigenvalue weighted by Gasteiger charge is -2.28. The first-order valence-corrected chi connectivity index (χ1v) is 8.74. The molecule has 2 atom stereocenters. The van der Waals surface area contributed by atoms with Crippen molar-refractivity contribution in [3.8, 4) is 0 Å². The minimum Gasteiger partial charge on any atom is -0.550 e. The number of allylic oxidation sites excluding steroid dienone is 2. The van der Waals surface area contributed by atoms with Crippen molar-refractivity contribution in [1.29, 1.82) is 0 Å². The number of esters is 1. The lowest BCUT2D eigenvalue weighted by molar-refractivity contribution is -0.313. The molecular formula is C17H18NO5S-. The second-order valence-electron chi connectivity index (χ2n) is 6.02. The Balaban J connectivity index is 1.86. The average molecular weight is 348 g/mol. The second-order valence-corrected chi connectivity index (χ2v) is 7.12. The summed E-state index contributed by atoms with van der Waals surface area (Å²) in [5, 5.41) is 14.5. The van der Waals surface area contributed by atoms with Crippen LogP contribution >= 0.6 is 11.3 Å². The van der Waals surface area contributed by atoms with Crippen molar-refractivity contribution >= 4 is 34.2 Å². The quantitative estimate of drug-likeness (QED) is 0.653. The Hall–Kier alpha value is -2.15. The van der Waals surface area contributed by atoms with Gasteiger partial charge in [0.15, 0.2) is 0 Å². The number of thiophene rings is 1. The van der Waals surface area contributed by atoms with Crippen LogP contribution in [0.5, 0.6) is 0 Å². The van der Waals surface area contributed by atoms with E-state index in [1.54, 1.807) is 12.2 Å². The van der Waals surface area contributed by atoms with Crippen LogP contribution in [0.4, 0.5) is 5.00 Å². The molecule has 2 aliphatic rings. The van der Waals surface area contributed by atoms with Gasteiger partial charge in [-0.25, -0.2) is 4.79 Å². The molecule has 0 saturated heterocycles. The highest BCUT2D eigenvalue weighted by atomic mass is 32.1. The van der Waals surface area contributed by atoms with Crippen LogP contribution in [0.25, 0.3) is 0 Å². The number of carboxylic acids is 1. The molecular weight excluding hydrogens is 330 g/mol. The molecule has 0 saturated carbocycles. The van der Waals surface area contributed by atoms with Crippen molar-refractivity contribution in [2.75, 3.05) is 12.4 Å². The van der Waals surface area contributed by atoms with Gasteiger partial charge in [-0.2, -0.15) is 0 Å². The maximum absolute atomic E-state index is 12.6. The molecule has 3 rings (SSSR count). The molecule has 2 aliphatic carbocycles. The predicted molar refractivity (Wildman–Crippen MR) is 86.7 cm³/mol. The number of nitrogens with one attached hydrogen (secondary N) is 1. The second kappa shape index (κ2) is 6.76. The van der Waals surface area contributed by atoms with Gasteiger partial charge in [-0.05, 0) is 37.7 Å². The molecule has 0 fully saturated rings. The first-order chi connectivity index (χ1) is 11.5. The number of rotatable bonds is 4. The molecule has 1 aromatic heterocycles. The molecule has 0 spiro atoms. The number of carboxylic acid groups (broad SMARTS) is 1. The van der Waals surface area contributed by atoms with Crippen molar-refractivity contribution in [3.05, 3.63) is 28.2 Å². The maximum Gasteiger partial charge on any atom is 0.341 e. The highest BCUT2D eigenvalue weighted by molar-refractivity contribution is 7.17. The number of fused-ring (bicyclic) bond motifs is 1. The number of aliphatic carboxylic acids is 1. The summed E-state index contributed by atoms with van der Waals surface area (Å²) >= 11 is 1.38. The molecule has 1 amide bonds. The smallest absolute Gasteiger partial charge is 0.341 e. The SMILES string of the molecule is COC(=O)c1c(NC(=O)[C@H]2CC=CC[C@@H]2C(=O)[O-])sc2c1CCC2. The molecule has 0 bridgehead atoms. The van der Waals surface area contributed by atoms with E-state index in [1.165, 1.54) is 18.4 Å². The summed E-state index contributed by atoms with van der Waals surface area (Å²) in [4.78, 5) is 37.0. The molecule has 24 heavy (non-hydrogen) atoms. The Morgan fingerprint density at radius 3 is 2.58 bits per heavy atom. The Labute approximate surface area is 143 Å². The zero-order valence-electron chi connectivity index (χ0n) is 13.3. The summed E-state index contributed by atoms with van der Waals surface area (Å²) in [6, 6.07) is 0. The summed E-state index contributed by atoms with van der Waals surface area (Å²) in [5.74, 6) is -3.62. The van der Waals surface area contributed by atoms with Crippen LogP contribution in [0.3, 0.4) is 0 Å². The van der Waals surface area contributed by atoms with Crippen molar-refractivity contribution in [2.24, 2.45) is 11.8 Å². The van der Waals surface area contributed by atoms with E-state index in [-0.39, 0.29) is 6.42 Å². The summed E-state index contributed by atoms with van der Waals surface area (Å²) in [5.41, 5.74) is 1.36. The van der Waals surface area contributed by atoms with Crippen LogP contribution in [-0.4, -0.2) is 25.0 Å². The van der Waals surface area contributed by atoms with E-state index in [0.29, 0.717) is 17.0 Å². The van der Waals surface area contributed by atoms with Crippen LogP contribution in [0.2, 0.25) is 0 Å². The highest BCUT2D eigenvalue weighted by Gasteiger charge is 2.33. The average Bonchev–Trinajstić information content (AvgIpc) is 3.14. The van der Waals surface area contributed by atoms with E-state index >= 15 is 0 Å². The summed E-state index contributed by atoms with van der Waals surface area (Å²) in [6.45, 7) is 0. The van der Waals surface area contributed by atoms with Gasteiger partial charge in [-0.3, -0.25) is 4.79 Å². The van der Waals surface area contributed by atoms with Crippen LogP contribution in [0.15, 0.2) is 12.2 Å². The fraction of sp³-hybridized carbons (Fsp3) is 0.471. The zero-order chi connectivity index (χ0) is 17.3. The van der Waals surface area contributed by atoms with Gasteiger partial charge < -0.3 is 20.0 Å². The van der Waals surface area contributed by atoms with Crippen LogP contribution in [0.1, 0.15) is 40.1 Å². The summed E-state index contributed by atoms with van der Waals surface area (Å²) in [7, 11) is 1.31. The normalized spacial score (nSPS) is 22.0. The van der Waals surface area contributed by atoms with Gasteiger partial charge in [-0.15, -0.1) is 11.3 Å². The van der Waals surface area contributed by atoms with Gasteiger partial charge in [0.1, 0.15) is 5.00 Å². The van der Waals surface area contributed by atoms with Crippen molar-refractivity contribution in [2.45, 2.75) is 32.1 Å². The largest absolute Gasteiger partial charge is 0.550 e. The number of carbonyl (C=O) groups is 3. The summed E-state index contributed by atoms with van der Waals surface area (Å²) in [6.07, 6.45) is 6.85. The topological polar surface area (TPSA) is 95.5 Å². The monoisotopic (exact) mass is 348 g/mol. The molecule has 6 nitrogen and oxygen atoms in total. The predicted octanol–water partition coefficient (Wildman–Crippen LogP) is 1.29. The van der Waals surface area contributed by atoms with Crippen molar-refractivity contribution < 1.29 is 24.2 Å². The van der Waals surface area contributed by atoms with Crippen LogP contribution < -0.4 is 10.4 Å². The van der Waals surface area contributed by atoms with Gasteiger partial charge in [0.2, 0.25) is 5.91 Å². The number of aryl methyl sites for hydroxylation is 1. The molecule has 128 valence electrons. The van der Waals surface area contributed by atoms with Gasteiger partial charge in [-0.1, -0.05) is 12.2 Å². The molecule has 7 heteroatoms. The lowest BCUT2D eigenvalue weighted by Crippen LogP contribution is -2.41. The number of amides is 1. The third-order valence-electron chi connectivity index (χ3n) is 4.62. The van der Waals surface area contributed by atoms with E-state index in [4.69, 9.17) is 4.74 Å². The molecule has 0 aliphatic heterocycles. The fourth-order valence-corrected chi connectivity index (χ4v) is 4.66. The van der Waals surface area contributed by atoms with E-state index < -0.39 is 29.7 Å². The molecule has 0 radical (unpaired) electrons. The number of carbonyl (C=O) groups excluding carboxylic acids is 3. The van der Waals surface area contributed by atoms with Crippen LogP contribution in [0, 0.1) is 11.8 Å². The number of ether oxygens (including phenoxy) is 1. The Morgan fingerprint density at radius 1 is 1.21 bits per heavy atom. The first kappa shape index (κ1) is 16.7. The molecule has 0 aromatic carbocycles. The Bertz CT molecular complexity index is 721. The molecule has 1 heterocycles. The number of anilines is 1. The standard InChI is InChI=1S/C17H19NO5S/c1-23-17(22)13-11-7-4-8-12(11)24-15(13)18-14(19)9-5-2-3-6-10(9)16(20)21/h2-3,9-10H,4-8H2,1H3,(H,18,19)(H,20,21)/p-1/t9-,10-/m0/s1. The maximum atomic E-state index is 12.6. The number of hydrogen-bond donors (Lipinski definition) is 1. The van der Waals surface area contributed by atoms with Gasteiger partial charge in [0.05, 0.1) is 18.6 Å². The van der Waals surface area contributed by atoms with Crippen molar-refractivity contribution in [1.82, 2.24) is 0 Å². The molecule has 1 aromatic rings. The van der Waals surface area contributed by atoms with Crippen LogP contribution in [-0.2, 0) is 27.2 Å². The molecule has 1 N–H and O–H groups in total.